The number of hydrogen-bond acceptors (Lipinski definition) is 3. The van der Waals surface area contributed by atoms with Gasteiger partial charge < -0.3 is 0 Å². The quantitative estimate of drug-likeness (QED) is 0.574. The fourth-order valence-corrected chi connectivity index (χ4v) is 2.91. The van der Waals surface area contributed by atoms with Gasteiger partial charge in [-0.15, -0.1) is 0 Å². The lowest BCUT2D eigenvalue weighted by Crippen LogP contribution is -2.20. The van der Waals surface area contributed by atoms with Crippen LogP contribution in [-0.2, 0) is 0 Å². The Balaban J connectivity index is 1.65. The molecule has 1 aromatic heterocycles. The van der Waals surface area contributed by atoms with Gasteiger partial charge in [0.25, 0.3) is 5.91 Å². The highest BCUT2D eigenvalue weighted by atomic mass is 16.2. The van der Waals surface area contributed by atoms with E-state index in [0.717, 1.165) is 40.7 Å². The van der Waals surface area contributed by atoms with Gasteiger partial charge in [-0.3, -0.25) is 9.78 Å². The molecular formula is C21H19N3O. The number of benzene rings is 2. The average Bonchev–Trinajstić information content (AvgIpc) is 3.51. The zero-order chi connectivity index (χ0) is 17.2. The molecule has 1 aliphatic rings. The zero-order valence-corrected chi connectivity index (χ0v) is 14.1. The number of rotatable bonds is 4. The van der Waals surface area contributed by atoms with Crippen molar-refractivity contribution in [2.24, 2.45) is 5.10 Å². The molecule has 0 spiro atoms. The highest BCUT2D eigenvalue weighted by molar-refractivity contribution is 6.07. The Hall–Kier alpha value is -3.01. The van der Waals surface area contributed by atoms with Crippen LogP contribution in [0.2, 0.25) is 0 Å². The van der Waals surface area contributed by atoms with Crippen LogP contribution in [0.25, 0.3) is 10.9 Å². The lowest BCUT2D eigenvalue weighted by molar-refractivity contribution is 0.0956. The number of hydrazone groups is 1. The SMILES string of the molecule is CC(=NNC(=O)c1cc(C2CC2)nc2ccccc12)c1ccccc1. The molecule has 3 aromatic rings. The van der Waals surface area contributed by atoms with E-state index in [1.54, 1.807) is 0 Å². The fraction of sp³-hybridized carbons (Fsp3) is 0.190. The van der Waals surface area contributed by atoms with E-state index < -0.39 is 0 Å². The number of aromatic nitrogens is 1. The third-order valence-electron chi connectivity index (χ3n) is 4.49. The smallest absolute Gasteiger partial charge is 0.267 e. The zero-order valence-electron chi connectivity index (χ0n) is 14.1. The monoisotopic (exact) mass is 329 g/mol. The first-order valence-electron chi connectivity index (χ1n) is 8.52. The molecule has 0 radical (unpaired) electrons. The predicted octanol–water partition coefficient (Wildman–Crippen LogP) is 4.27. The summed E-state index contributed by atoms with van der Waals surface area (Å²) in [6, 6.07) is 19.5. The second-order valence-corrected chi connectivity index (χ2v) is 6.39. The van der Waals surface area contributed by atoms with E-state index >= 15 is 0 Å². The molecular weight excluding hydrogens is 310 g/mol. The number of carbonyl (C=O) groups excluding carboxylic acids is 1. The van der Waals surface area contributed by atoms with Gasteiger partial charge in [-0.1, -0.05) is 48.5 Å². The highest BCUT2D eigenvalue weighted by Crippen LogP contribution is 2.40. The maximum atomic E-state index is 12.7. The summed E-state index contributed by atoms with van der Waals surface area (Å²) in [7, 11) is 0. The maximum absolute atomic E-state index is 12.7. The molecule has 0 unspecified atom stereocenters. The molecule has 4 heteroatoms. The molecule has 124 valence electrons. The standard InChI is InChI=1S/C21H19N3O/c1-14(15-7-3-2-4-8-15)23-24-21(25)18-13-20(16-11-12-16)22-19-10-6-5-9-17(18)19/h2-10,13,16H,11-12H2,1H3,(H,24,25). The van der Waals surface area contributed by atoms with Crippen molar-refractivity contribution >= 4 is 22.5 Å². The average molecular weight is 329 g/mol. The van der Waals surface area contributed by atoms with Crippen LogP contribution in [-0.4, -0.2) is 16.6 Å². The van der Waals surface area contributed by atoms with Gasteiger partial charge in [0.05, 0.1) is 16.8 Å². The Labute approximate surface area is 146 Å². The largest absolute Gasteiger partial charge is 0.272 e. The number of carbonyl (C=O) groups is 1. The molecule has 1 amide bonds. The van der Waals surface area contributed by atoms with Crippen LogP contribution in [0.1, 0.15) is 47.3 Å². The first-order valence-corrected chi connectivity index (χ1v) is 8.52. The molecule has 0 bridgehead atoms. The van der Waals surface area contributed by atoms with E-state index in [1.807, 2.05) is 67.6 Å². The normalized spacial score (nSPS) is 14.5. The Morgan fingerprint density at radius 1 is 1.08 bits per heavy atom. The number of fused-ring (bicyclic) bond motifs is 1. The number of pyridine rings is 1. The maximum Gasteiger partial charge on any atom is 0.272 e. The van der Waals surface area contributed by atoms with Crippen molar-refractivity contribution in [1.29, 1.82) is 0 Å². The van der Waals surface area contributed by atoms with Crippen LogP contribution < -0.4 is 5.43 Å². The second-order valence-electron chi connectivity index (χ2n) is 6.39. The summed E-state index contributed by atoms with van der Waals surface area (Å²) in [6.07, 6.45) is 2.30. The molecule has 0 atom stereocenters. The van der Waals surface area contributed by atoms with E-state index in [1.165, 1.54) is 0 Å². The lowest BCUT2D eigenvalue weighted by Gasteiger charge is -2.09. The highest BCUT2D eigenvalue weighted by Gasteiger charge is 2.26. The Morgan fingerprint density at radius 2 is 1.80 bits per heavy atom. The van der Waals surface area contributed by atoms with E-state index in [-0.39, 0.29) is 5.91 Å². The van der Waals surface area contributed by atoms with Gasteiger partial charge in [0.15, 0.2) is 0 Å². The molecule has 25 heavy (non-hydrogen) atoms. The number of amides is 1. The Morgan fingerprint density at radius 3 is 2.56 bits per heavy atom. The van der Waals surface area contributed by atoms with Crippen molar-refractivity contribution in [3.8, 4) is 0 Å². The van der Waals surface area contributed by atoms with Crippen molar-refractivity contribution in [3.63, 3.8) is 0 Å². The van der Waals surface area contributed by atoms with E-state index in [0.29, 0.717) is 11.5 Å². The minimum absolute atomic E-state index is 0.198. The molecule has 0 saturated heterocycles. The summed E-state index contributed by atoms with van der Waals surface area (Å²) in [6.45, 7) is 1.88. The van der Waals surface area contributed by atoms with Crippen LogP contribution in [0.3, 0.4) is 0 Å². The molecule has 1 N–H and O–H groups in total. The predicted molar refractivity (Wildman–Crippen MR) is 99.8 cm³/mol. The van der Waals surface area contributed by atoms with Crippen LogP contribution in [0.5, 0.6) is 0 Å². The lowest BCUT2D eigenvalue weighted by atomic mass is 10.1. The van der Waals surface area contributed by atoms with Crippen LogP contribution >= 0.6 is 0 Å². The summed E-state index contributed by atoms with van der Waals surface area (Å²) in [5, 5.41) is 5.12. The Kier molecular flexibility index (Phi) is 4.02. The van der Waals surface area contributed by atoms with Gasteiger partial charge in [-0.25, -0.2) is 5.43 Å². The molecule has 1 saturated carbocycles. The molecule has 4 nitrogen and oxygen atoms in total. The number of nitrogens with one attached hydrogen (secondary N) is 1. The summed E-state index contributed by atoms with van der Waals surface area (Å²) in [5.41, 5.74) is 6.96. The van der Waals surface area contributed by atoms with Gasteiger partial charge >= 0.3 is 0 Å². The van der Waals surface area contributed by atoms with Crippen LogP contribution in [0.15, 0.2) is 65.8 Å². The minimum Gasteiger partial charge on any atom is -0.267 e. The second kappa shape index (κ2) is 6.48. The van der Waals surface area contributed by atoms with E-state index in [9.17, 15) is 4.79 Å². The summed E-state index contributed by atoms with van der Waals surface area (Å²) in [5.74, 6) is 0.293. The molecule has 1 fully saturated rings. The van der Waals surface area contributed by atoms with E-state index in [4.69, 9.17) is 4.98 Å². The van der Waals surface area contributed by atoms with Crippen molar-refractivity contribution < 1.29 is 4.79 Å². The van der Waals surface area contributed by atoms with Crippen molar-refractivity contribution in [2.75, 3.05) is 0 Å². The third kappa shape index (κ3) is 3.29. The van der Waals surface area contributed by atoms with E-state index in [2.05, 4.69) is 10.5 Å². The summed E-state index contributed by atoms with van der Waals surface area (Å²) >= 11 is 0. The first-order chi connectivity index (χ1) is 12.2. The third-order valence-corrected chi connectivity index (χ3v) is 4.49. The minimum atomic E-state index is -0.198. The molecule has 1 aliphatic carbocycles. The Bertz CT molecular complexity index is 959. The van der Waals surface area contributed by atoms with Gasteiger partial charge in [0, 0.05) is 17.0 Å². The topological polar surface area (TPSA) is 54.4 Å². The number of nitrogens with zero attached hydrogens (tertiary/aromatic N) is 2. The molecule has 4 rings (SSSR count). The summed E-state index contributed by atoms with van der Waals surface area (Å²) < 4.78 is 0. The van der Waals surface area contributed by atoms with Crippen molar-refractivity contribution in [1.82, 2.24) is 10.4 Å². The van der Waals surface area contributed by atoms with Crippen LogP contribution in [0.4, 0.5) is 0 Å². The molecule has 0 aliphatic heterocycles. The molecule has 1 heterocycles. The van der Waals surface area contributed by atoms with Gasteiger partial charge in [0.2, 0.25) is 0 Å². The summed E-state index contributed by atoms with van der Waals surface area (Å²) in [4.78, 5) is 17.5. The van der Waals surface area contributed by atoms with Gasteiger partial charge in [0.1, 0.15) is 0 Å². The molecule has 2 aromatic carbocycles. The van der Waals surface area contributed by atoms with Crippen LogP contribution in [0, 0.1) is 0 Å². The van der Waals surface area contributed by atoms with Gasteiger partial charge in [-0.2, -0.15) is 5.10 Å². The fourth-order valence-electron chi connectivity index (χ4n) is 2.91. The van der Waals surface area contributed by atoms with Crippen molar-refractivity contribution in [2.45, 2.75) is 25.7 Å². The first kappa shape index (κ1) is 15.5. The number of hydrogen-bond donors (Lipinski definition) is 1. The number of para-hydroxylation sites is 1. The van der Waals surface area contributed by atoms with Crippen molar-refractivity contribution in [3.05, 3.63) is 77.5 Å². The van der Waals surface area contributed by atoms with Gasteiger partial charge in [-0.05, 0) is 37.5 Å².